The lowest BCUT2D eigenvalue weighted by molar-refractivity contribution is 0.0940. The molecule has 1 amide bonds. The first kappa shape index (κ1) is 28.2. The second-order valence-corrected chi connectivity index (χ2v) is 11.7. The van der Waals surface area contributed by atoms with Gasteiger partial charge in [-0.05, 0) is 60.4 Å². The maximum atomic E-state index is 13.8. The minimum atomic E-state index is -0.178. The number of carbonyl (C=O) groups excluding carboxylic acids is 1. The Morgan fingerprint density at radius 2 is 1.22 bits per heavy atom. The monoisotopic (exact) mass is 583 g/mol. The molecule has 0 bridgehead atoms. The minimum absolute atomic E-state index is 0.152. The van der Waals surface area contributed by atoms with Crippen LogP contribution in [0.5, 0.6) is 0 Å². The van der Waals surface area contributed by atoms with Crippen molar-refractivity contribution in [3.8, 4) is 33.5 Å². The Morgan fingerprint density at radius 1 is 0.622 bits per heavy atom. The van der Waals surface area contributed by atoms with E-state index < -0.39 is 0 Å². The first-order valence-corrected chi connectivity index (χ1v) is 15.3. The Balaban J connectivity index is 1.30. The second kappa shape index (κ2) is 11.8. The number of carbonyl (C=O) groups is 1. The number of hydrogen-bond donors (Lipinski definition) is 1. The topological polar surface area (TPSA) is 54.9 Å². The number of aromatic nitrogens is 2. The van der Waals surface area contributed by atoms with E-state index in [1.54, 1.807) is 6.20 Å². The van der Waals surface area contributed by atoms with Crippen molar-refractivity contribution in [1.82, 2.24) is 15.3 Å². The lowest BCUT2D eigenvalue weighted by Gasteiger charge is -2.17. The van der Waals surface area contributed by atoms with Gasteiger partial charge in [-0.3, -0.25) is 9.78 Å². The van der Waals surface area contributed by atoms with Crippen LogP contribution in [0.15, 0.2) is 134 Å². The van der Waals surface area contributed by atoms with Gasteiger partial charge in [0.25, 0.3) is 5.91 Å². The Bertz CT molecular complexity index is 2180. The molecule has 7 rings (SSSR count). The molecule has 1 aromatic heterocycles. The fourth-order valence-corrected chi connectivity index (χ4v) is 5.90. The zero-order valence-electron chi connectivity index (χ0n) is 25.6. The molecule has 1 N–H and O–H groups in total. The second-order valence-electron chi connectivity index (χ2n) is 11.7. The standard InChI is InChI=1S/C41H33N3O/c1-26-12-16-30(17-13-26)34-22-23-35(31-18-14-27(2)15-19-31)40-39(34)42-25-38(44-40)36-10-6-7-11-37(36)41(45)43-28(3)32-21-20-29-8-4-5-9-33(29)24-32/h4-25,28H,1-3H3,(H,43,45)/t28-/m0/s1. The van der Waals surface area contributed by atoms with E-state index in [-0.39, 0.29) is 11.9 Å². The highest BCUT2D eigenvalue weighted by molar-refractivity contribution is 6.03. The first-order valence-electron chi connectivity index (χ1n) is 15.3. The normalized spacial score (nSPS) is 11.9. The zero-order chi connectivity index (χ0) is 30.9. The summed E-state index contributed by atoms with van der Waals surface area (Å²) in [6.45, 7) is 6.19. The Kier molecular flexibility index (Phi) is 7.40. The van der Waals surface area contributed by atoms with Crippen molar-refractivity contribution >= 4 is 27.7 Å². The van der Waals surface area contributed by atoms with E-state index in [4.69, 9.17) is 9.97 Å². The summed E-state index contributed by atoms with van der Waals surface area (Å²) in [4.78, 5) is 24.0. The lowest BCUT2D eigenvalue weighted by Crippen LogP contribution is -2.27. The van der Waals surface area contributed by atoms with E-state index in [0.29, 0.717) is 11.3 Å². The average molecular weight is 584 g/mol. The molecule has 45 heavy (non-hydrogen) atoms. The van der Waals surface area contributed by atoms with Crippen LogP contribution in [-0.4, -0.2) is 15.9 Å². The van der Waals surface area contributed by atoms with E-state index in [9.17, 15) is 4.79 Å². The van der Waals surface area contributed by atoms with E-state index in [2.05, 4.69) is 110 Å². The molecule has 0 fully saturated rings. The van der Waals surface area contributed by atoms with Gasteiger partial charge in [-0.25, -0.2) is 4.98 Å². The van der Waals surface area contributed by atoms with Crippen LogP contribution in [0, 0.1) is 13.8 Å². The average Bonchev–Trinajstić information content (AvgIpc) is 3.08. The van der Waals surface area contributed by atoms with Crippen LogP contribution in [0.25, 0.3) is 55.3 Å². The van der Waals surface area contributed by atoms with Gasteiger partial charge in [0.15, 0.2) is 0 Å². The quantitative estimate of drug-likeness (QED) is 0.212. The summed E-state index contributed by atoms with van der Waals surface area (Å²) in [5.41, 5.74) is 11.2. The summed E-state index contributed by atoms with van der Waals surface area (Å²) in [6.07, 6.45) is 1.79. The molecule has 4 nitrogen and oxygen atoms in total. The molecule has 0 radical (unpaired) electrons. The van der Waals surface area contributed by atoms with E-state index >= 15 is 0 Å². The number of nitrogens with zero attached hydrogens (tertiary/aromatic N) is 2. The molecule has 218 valence electrons. The Hall–Kier alpha value is -5.61. The molecule has 7 aromatic rings. The summed E-state index contributed by atoms with van der Waals surface area (Å²) < 4.78 is 0. The van der Waals surface area contributed by atoms with Crippen LogP contribution in [0.2, 0.25) is 0 Å². The minimum Gasteiger partial charge on any atom is -0.345 e. The smallest absolute Gasteiger partial charge is 0.252 e. The SMILES string of the molecule is Cc1ccc(-c2ccc(-c3ccc(C)cc3)c3nc(-c4ccccc4C(=O)N[C@@H](C)c4ccc5ccccc5c4)cnc23)cc1. The van der Waals surface area contributed by atoms with Gasteiger partial charge in [0.05, 0.1) is 29.0 Å². The molecule has 1 atom stereocenters. The van der Waals surface area contributed by atoms with Gasteiger partial charge >= 0.3 is 0 Å². The van der Waals surface area contributed by atoms with Crippen LogP contribution < -0.4 is 5.32 Å². The predicted molar refractivity (Wildman–Crippen MR) is 185 cm³/mol. The van der Waals surface area contributed by atoms with E-state index in [1.165, 1.54) is 16.5 Å². The molecule has 0 saturated heterocycles. The molecule has 1 heterocycles. The van der Waals surface area contributed by atoms with Crippen LogP contribution in [0.3, 0.4) is 0 Å². The first-order chi connectivity index (χ1) is 21.9. The van der Waals surface area contributed by atoms with Crippen LogP contribution in [-0.2, 0) is 0 Å². The number of aryl methyl sites for hydroxylation is 2. The molecular weight excluding hydrogens is 550 g/mol. The Morgan fingerprint density at radius 3 is 1.91 bits per heavy atom. The zero-order valence-corrected chi connectivity index (χ0v) is 25.6. The molecule has 0 spiro atoms. The van der Waals surface area contributed by atoms with Crippen molar-refractivity contribution in [2.75, 3.05) is 0 Å². The van der Waals surface area contributed by atoms with Crippen LogP contribution in [0.1, 0.15) is 40.0 Å². The summed E-state index contributed by atoms with van der Waals surface area (Å²) >= 11 is 0. The summed E-state index contributed by atoms with van der Waals surface area (Å²) in [6, 6.07) is 43.2. The van der Waals surface area contributed by atoms with Crippen molar-refractivity contribution in [3.63, 3.8) is 0 Å². The molecule has 0 aliphatic rings. The largest absolute Gasteiger partial charge is 0.345 e. The molecule has 4 heteroatoms. The molecule has 0 aliphatic heterocycles. The fraction of sp³-hybridized carbons (Fsp3) is 0.0976. The van der Waals surface area contributed by atoms with Crippen molar-refractivity contribution in [3.05, 3.63) is 156 Å². The van der Waals surface area contributed by atoms with Crippen molar-refractivity contribution in [2.24, 2.45) is 0 Å². The number of hydrogen-bond acceptors (Lipinski definition) is 3. The highest BCUT2D eigenvalue weighted by atomic mass is 16.1. The number of benzene rings is 6. The number of rotatable bonds is 6. The highest BCUT2D eigenvalue weighted by Crippen LogP contribution is 2.35. The predicted octanol–water partition coefficient (Wildman–Crippen LogP) is 9.89. The third-order valence-corrected chi connectivity index (χ3v) is 8.49. The maximum absolute atomic E-state index is 13.8. The van der Waals surface area contributed by atoms with Crippen LogP contribution >= 0.6 is 0 Å². The van der Waals surface area contributed by atoms with Crippen molar-refractivity contribution in [2.45, 2.75) is 26.8 Å². The van der Waals surface area contributed by atoms with Gasteiger partial charge in [-0.15, -0.1) is 0 Å². The van der Waals surface area contributed by atoms with Gasteiger partial charge in [0.1, 0.15) is 0 Å². The van der Waals surface area contributed by atoms with Gasteiger partial charge in [-0.1, -0.05) is 126 Å². The number of fused-ring (bicyclic) bond motifs is 2. The van der Waals surface area contributed by atoms with Crippen LogP contribution in [0.4, 0.5) is 0 Å². The summed E-state index contributed by atoms with van der Waals surface area (Å²) in [5, 5.41) is 5.54. The fourth-order valence-electron chi connectivity index (χ4n) is 5.90. The molecule has 0 saturated carbocycles. The molecule has 0 aliphatic carbocycles. The van der Waals surface area contributed by atoms with Crippen molar-refractivity contribution < 1.29 is 4.79 Å². The molecule has 0 unspecified atom stereocenters. The number of nitrogens with one attached hydrogen (secondary N) is 1. The highest BCUT2D eigenvalue weighted by Gasteiger charge is 2.19. The number of amides is 1. The van der Waals surface area contributed by atoms with Crippen molar-refractivity contribution in [1.29, 1.82) is 0 Å². The molecule has 6 aromatic carbocycles. The summed E-state index contributed by atoms with van der Waals surface area (Å²) in [7, 11) is 0. The third-order valence-electron chi connectivity index (χ3n) is 8.49. The third kappa shape index (κ3) is 5.59. The van der Waals surface area contributed by atoms with Gasteiger partial charge in [-0.2, -0.15) is 0 Å². The van der Waals surface area contributed by atoms with Gasteiger partial charge in [0.2, 0.25) is 0 Å². The van der Waals surface area contributed by atoms with E-state index in [0.717, 1.165) is 49.8 Å². The van der Waals surface area contributed by atoms with Gasteiger partial charge < -0.3 is 5.32 Å². The molecular formula is C41H33N3O. The maximum Gasteiger partial charge on any atom is 0.252 e. The Labute approximate surface area is 263 Å². The summed E-state index contributed by atoms with van der Waals surface area (Å²) in [5.74, 6) is -0.152. The lowest BCUT2D eigenvalue weighted by atomic mass is 9.96. The van der Waals surface area contributed by atoms with E-state index in [1.807, 2.05) is 43.3 Å². The van der Waals surface area contributed by atoms with Gasteiger partial charge in [0, 0.05) is 22.3 Å².